The second-order valence-electron chi connectivity index (χ2n) is 5.17. The average molecular weight is 248 g/mol. The van der Waals surface area contributed by atoms with Crippen LogP contribution in [0.15, 0.2) is 24.3 Å². The van der Waals surface area contributed by atoms with Crippen molar-refractivity contribution in [3.8, 4) is 0 Å². The number of carbonyl (C=O) groups excluding carboxylic acids is 1. The zero-order chi connectivity index (χ0) is 13.1. The molecule has 0 spiro atoms. The molecule has 0 bridgehead atoms. The highest BCUT2D eigenvalue weighted by molar-refractivity contribution is 5.89. The molecule has 18 heavy (non-hydrogen) atoms. The zero-order valence-corrected chi connectivity index (χ0v) is 10.9. The van der Waals surface area contributed by atoms with Crippen molar-refractivity contribution in [1.29, 1.82) is 0 Å². The standard InChI is InChI=1S/C14H20N2O2/c1-10-4-3-5-12(6-10)15-14(18)16(2)9-11-7-13(17)8-11/h3-6,11,13,17H,7-9H2,1-2H3,(H,15,18). The summed E-state index contributed by atoms with van der Waals surface area (Å²) in [5.74, 6) is 0.438. The molecule has 0 heterocycles. The number of carbonyl (C=O) groups is 1. The summed E-state index contributed by atoms with van der Waals surface area (Å²) in [6.07, 6.45) is 1.45. The van der Waals surface area contributed by atoms with Crippen LogP contribution in [0.3, 0.4) is 0 Å². The van der Waals surface area contributed by atoms with E-state index in [4.69, 9.17) is 0 Å². The number of urea groups is 1. The molecule has 1 fully saturated rings. The van der Waals surface area contributed by atoms with E-state index in [2.05, 4.69) is 5.32 Å². The molecule has 2 amide bonds. The number of aryl methyl sites for hydroxylation is 1. The first-order chi connectivity index (χ1) is 8.54. The fourth-order valence-corrected chi connectivity index (χ4v) is 2.26. The topological polar surface area (TPSA) is 52.6 Å². The Kier molecular flexibility index (Phi) is 3.87. The van der Waals surface area contributed by atoms with Gasteiger partial charge in [0.15, 0.2) is 0 Å². The summed E-state index contributed by atoms with van der Waals surface area (Å²) >= 11 is 0. The van der Waals surface area contributed by atoms with Gasteiger partial charge in [-0.15, -0.1) is 0 Å². The predicted octanol–water partition coefficient (Wildman–Crippen LogP) is 2.23. The lowest BCUT2D eigenvalue weighted by molar-refractivity contribution is 0.0332. The maximum atomic E-state index is 11.9. The second-order valence-corrected chi connectivity index (χ2v) is 5.17. The van der Waals surface area contributed by atoms with Gasteiger partial charge in [0.25, 0.3) is 0 Å². The van der Waals surface area contributed by atoms with Crippen molar-refractivity contribution < 1.29 is 9.90 Å². The largest absolute Gasteiger partial charge is 0.393 e. The van der Waals surface area contributed by atoms with Gasteiger partial charge in [0, 0.05) is 19.3 Å². The fourth-order valence-electron chi connectivity index (χ4n) is 2.26. The summed E-state index contributed by atoms with van der Waals surface area (Å²) in [4.78, 5) is 13.6. The number of benzene rings is 1. The fraction of sp³-hybridized carbons (Fsp3) is 0.500. The van der Waals surface area contributed by atoms with E-state index in [1.165, 1.54) is 0 Å². The molecule has 98 valence electrons. The maximum Gasteiger partial charge on any atom is 0.321 e. The first kappa shape index (κ1) is 12.9. The van der Waals surface area contributed by atoms with E-state index in [1.807, 2.05) is 31.2 Å². The number of nitrogens with one attached hydrogen (secondary N) is 1. The van der Waals surface area contributed by atoms with E-state index in [0.29, 0.717) is 12.5 Å². The number of nitrogens with zero attached hydrogens (tertiary/aromatic N) is 1. The van der Waals surface area contributed by atoms with Gasteiger partial charge < -0.3 is 15.3 Å². The number of anilines is 1. The molecule has 0 aromatic heterocycles. The van der Waals surface area contributed by atoms with E-state index >= 15 is 0 Å². The third-order valence-electron chi connectivity index (χ3n) is 3.36. The number of aliphatic hydroxyl groups excluding tert-OH is 1. The molecule has 1 aliphatic carbocycles. The van der Waals surface area contributed by atoms with E-state index in [1.54, 1.807) is 11.9 Å². The first-order valence-corrected chi connectivity index (χ1v) is 6.31. The van der Waals surface area contributed by atoms with E-state index in [-0.39, 0.29) is 12.1 Å². The highest BCUT2D eigenvalue weighted by Gasteiger charge is 2.29. The number of rotatable bonds is 3. The van der Waals surface area contributed by atoms with Crippen LogP contribution >= 0.6 is 0 Å². The van der Waals surface area contributed by atoms with Gasteiger partial charge in [-0.25, -0.2) is 4.79 Å². The number of hydrogen-bond acceptors (Lipinski definition) is 2. The lowest BCUT2D eigenvalue weighted by atomic mass is 9.82. The highest BCUT2D eigenvalue weighted by Crippen LogP contribution is 2.27. The molecule has 0 unspecified atom stereocenters. The summed E-state index contributed by atoms with van der Waals surface area (Å²) in [6, 6.07) is 7.65. The van der Waals surface area contributed by atoms with Crippen LogP contribution in [0.2, 0.25) is 0 Å². The number of amides is 2. The lowest BCUT2D eigenvalue weighted by Gasteiger charge is -2.34. The van der Waals surface area contributed by atoms with Crippen molar-refractivity contribution in [2.75, 3.05) is 18.9 Å². The monoisotopic (exact) mass is 248 g/mol. The van der Waals surface area contributed by atoms with Gasteiger partial charge in [0.05, 0.1) is 6.10 Å². The van der Waals surface area contributed by atoms with Crippen LogP contribution in [0.4, 0.5) is 10.5 Å². The van der Waals surface area contributed by atoms with E-state index < -0.39 is 0 Å². The molecule has 0 saturated heterocycles. The van der Waals surface area contributed by atoms with Gasteiger partial charge in [0.2, 0.25) is 0 Å². The Balaban J connectivity index is 1.83. The van der Waals surface area contributed by atoms with Crippen LogP contribution in [0.5, 0.6) is 0 Å². The Labute approximate surface area is 108 Å². The smallest absolute Gasteiger partial charge is 0.321 e. The minimum atomic E-state index is -0.164. The normalized spacial score (nSPS) is 22.2. The summed E-state index contributed by atoms with van der Waals surface area (Å²) in [5, 5.41) is 12.1. The molecule has 2 rings (SSSR count). The Hall–Kier alpha value is -1.55. The van der Waals surface area contributed by atoms with Crippen molar-refractivity contribution in [2.24, 2.45) is 5.92 Å². The van der Waals surface area contributed by atoms with Crippen LogP contribution in [0.25, 0.3) is 0 Å². The van der Waals surface area contributed by atoms with Crippen LogP contribution in [-0.2, 0) is 0 Å². The zero-order valence-electron chi connectivity index (χ0n) is 10.9. The lowest BCUT2D eigenvalue weighted by Crippen LogP contribution is -2.41. The van der Waals surface area contributed by atoms with Crippen molar-refractivity contribution in [1.82, 2.24) is 4.90 Å². The number of aliphatic hydroxyl groups is 1. The molecular weight excluding hydrogens is 228 g/mol. The molecular formula is C14H20N2O2. The molecule has 0 radical (unpaired) electrons. The Bertz CT molecular complexity index is 428. The molecule has 0 aliphatic heterocycles. The van der Waals surface area contributed by atoms with Crippen molar-refractivity contribution >= 4 is 11.7 Å². The third-order valence-corrected chi connectivity index (χ3v) is 3.36. The van der Waals surface area contributed by atoms with Crippen molar-refractivity contribution in [3.63, 3.8) is 0 Å². The summed E-state index contributed by atoms with van der Waals surface area (Å²) in [6.45, 7) is 2.70. The molecule has 1 aromatic rings. The van der Waals surface area contributed by atoms with Crippen LogP contribution in [0.1, 0.15) is 18.4 Å². The third kappa shape index (κ3) is 3.23. The van der Waals surface area contributed by atoms with Crippen LogP contribution in [0, 0.1) is 12.8 Å². The minimum absolute atomic E-state index is 0.0954. The van der Waals surface area contributed by atoms with Gasteiger partial charge in [-0.2, -0.15) is 0 Å². The van der Waals surface area contributed by atoms with Gasteiger partial charge in [-0.3, -0.25) is 0 Å². The predicted molar refractivity (Wildman–Crippen MR) is 71.6 cm³/mol. The first-order valence-electron chi connectivity index (χ1n) is 6.31. The van der Waals surface area contributed by atoms with Gasteiger partial charge in [-0.1, -0.05) is 12.1 Å². The number of hydrogen-bond donors (Lipinski definition) is 2. The summed E-state index contributed by atoms with van der Waals surface area (Å²) in [5.41, 5.74) is 1.94. The SMILES string of the molecule is Cc1cccc(NC(=O)N(C)CC2CC(O)C2)c1. The minimum Gasteiger partial charge on any atom is -0.393 e. The van der Waals surface area contributed by atoms with Crippen molar-refractivity contribution in [3.05, 3.63) is 29.8 Å². The van der Waals surface area contributed by atoms with E-state index in [9.17, 15) is 9.90 Å². The van der Waals surface area contributed by atoms with Gasteiger partial charge in [-0.05, 0) is 43.4 Å². The molecule has 1 aliphatic rings. The highest BCUT2D eigenvalue weighted by atomic mass is 16.3. The van der Waals surface area contributed by atoms with Gasteiger partial charge in [0.1, 0.15) is 0 Å². The molecule has 2 N–H and O–H groups in total. The average Bonchev–Trinajstić information content (AvgIpc) is 2.26. The quantitative estimate of drug-likeness (QED) is 0.862. The van der Waals surface area contributed by atoms with Crippen LogP contribution in [-0.4, -0.2) is 35.7 Å². The molecule has 4 nitrogen and oxygen atoms in total. The van der Waals surface area contributed by atoms with Gasteiger partial charge >= 0.3 is 6.03 Å². The molecule has 0 atom stereocenters. The van der Waals surface area contributed by atoms with E-state index in [0.717, 1.165) is 24.1 Å². The summed E-state index contributed by atoms with van der Waals surface area (Å²) < 4.78 is 0. The molecule has 1 aromatic carbocycles. The second kappa shape index (κ2) is 5.40. The Morgan fingerprint density at radius 2 is 2.22 bits per heavy atom. The Morgan fingerprint density at radius 1 is 1.50 bits per heavy atom. The molecule has 4 heteroatoms. The molecule has 1 saturated carbocycles. The maximum absolute atomic E-state index is 11.9. The van der Waals surface area contributed by atoms with Crippen molar-refractivity contribution in [2.45, 2.75) is 25.9 Å². The van der Waals surface area contributed by atoms with Crippen LogP contribution < -0.4 is 5.32 Å². The Morgan fingerprint density at radius 3 is 2.83 bits per heavy atom. The summed E-state index contributed by atoms with van der Waals surface area (Å²) in [7, 11) is 1.79.